The summed E-state index contributed by atoms with van der Waals surface area (Å²) in [4.78, 5) is 24.3. The van der Waals surface area contributed by atoms with E-state index in [-0.39, 0.29) is 5.56 Å². The Labute approximate surface area is 190 Å². The molecule has 2 rings (SSSR count). The van der Waals surface area contributed by atoms with Gasteiger partial charge in [-0.25, -0.2) is 0 Å². The van der Waals surface area contributed by atoms with Crippen LogP contribution in [0.3, 0.4) is 0 Å². The second-order valence-corrected chi connectivity index (χ2v) is 7.26. The highest BCUT2D eigenvalue weighted by Crippen LogP contribution is 2.29. The summed E-state index contributed by atoms with van der Waals surface area (Å²) >= 11 is 0. The summed E-state index contributed by atoms with van der Waals surface area (Å²) in [6.07, 6.45) is 0.324. The van der Waals surface area contributed by atoms with E-state index in [2.05, 4.69) is 12.2 Å². The number of anilines is 1. The van der Waals surface area contributed by atoms with Gasteiger partial charge in [0.2, 0.25) is 5.91 Å². The van der Waals surface area contributed by atoms with Gasteiger partial charge in [0.25, 0.3) is 5.91 Å². The number of benzene rings is 2. The first-order chi connectivity index (χ1) is 15.6. The van der Waals surface area contributed by atoms with E-state index < -0.39 is 24.5 Å². The van der Waals surface area contributed by atoms with Crippen molar-refractivity contribution in [1.29, 1.82) is 0 Å². The Hall–Kier alpha value is -3.49. The van der Waals surface area contributed by atoms with Crippen LogP contribution < -0.4 is 20.1 Å². The summed E-state index contributed by atoms with van der Waals surface area (Å²) in [5, 5.41) is 4.44. The molecular formula is C24H27F3N2O4. The Bertz CT molecular complexity index is 1000. The Balaban J connectivity index is 2.05. The van der Waals surface area contributed by atoms with E-state index in [0.29, 0.717) is 34.9 Å². The van der Waals surface area contributed by atoms with Crippen molar-refractivity contribution in [2.24, 2.45) is 0 Å². The average Bonchev–Trinajstić information content (AvgIpc) is 2.77. The van der Waals surface area contributed by atoms with Crippen molar-refractivity contribution in [2.45, 2.75) is 32.9 Å². The molecule has 0 bridgehead atoms. The second-order valence-electron chi connectivity index (χ2n) is 7.26. The van der Waals surface area contributed by atoms with E-state index in [9.17, 15) is 22.8 Å². The van der Waals surface area contributed by atoms with E-state index in [0.717, 1.165) is 12.8 Å². The zero-order valence-corrected chi connectivity index (χ0v) is 18.7. The normalized spacial score (nSPS) is 11.3. The number of rotatable bonds is 10. The Morgan fingerprint density at radius 3 is 2.52 bits per heavy atom. The van der Waals surface area contributed by atoms with Gasteiger partial charge in [0.15, 0.2) is 11.5 Å². The van der Waals surface area contributed by atoms with Gasteiger partial charge in [-0.2, -0.15) is 13.2 Å². The molecule has 0 saturated heterocycles. The monoisotopic (exact) mass is 464 g/mol. The number of halogens is 3. The third-order valence-corrected chi connectivity index (χ3v) is 4.58. The fourth-order valence-electron chi connectivity index (χ4n) is 2.76. The number of hydrogen-bond acceptors (Lipinski definition) is 4. The SMILES string of the molecule is CCCCOc1ccc(/C=C/C(=O)Nc2cc(C(=O)NCC(F)(F)F)ccc2C)cc1OC. The zero-order chi connectivity index (χ0) is 24.4. The molecule has 2 aromatic rings. The topological polar surface area (TPSA) is 76.7 Å². The largest absolute Gasteiger partial charge is 0.493 e. The van der Waals surface area contributed by atoms with Crippen LogP contribution in [0.1, 0.15) is 41.3 Å². The minimum absolute atomic E-state index is 0.00697. The van der Waals surface area contributed by atoms with Crippen molar-refractivity contribution in [3.63, 3.8) is 0 Å². The van der Waals surface area contributed by atoms with Crippen LogP contribution in [-0.4, -0.2) is 38.3 Å². The molecule has 0 radical (unpaired) electrons. The van der Waals surface area contributed by atoms with Gasteiger partial charge in [-0.1, -0.05) is 25.5 Å². The summed E-state index contributed by atoms with van der Waals surface area (Å²) < 4.78 is 48.0. The molecule has 9 heteroatoms. The molecule has 0 heterocycles. The van der Waals surface area contributed by atoms with Crippen molar-refractivity contribution in [3.05, 3.63) is 59.2 Å². The van der Waals surface area contributed by atoms with Crippen LogP contribution in [0.2, 0.25) is 0 Å². The van der Waals surface area contributed by atoms with Gasteiger partial charge in [-0.15, -0.1) is 0 Å². The zero-order valence-electron chi connectivity index (χ0n) is 18.7. The number of ether oxygens (including phenoxy) is 2. The molecule has 0 aliphatic carbocycles. The number of hydrogen-bond donors (Lipinski definition) is 2. The minimum Gasteiger partial charge on any atom is -0.493 e. The molecule has 0 aliphatic rings. The molecule has 0 aromatic heterocycles. The van der Waals surface area contributed by atoms with Gasteiger partial charge < -0.3 is 20.1 Å². The number of methoxy groups -OCH3 is 1. The summed E-state index contributed by atoms with van der Waals surface area (Å²) in [5.74, 6) is -0.189. The van der Waals surface area contributed by atoms with Crippen molar-refractivity contribution in [2.75, 3.05) is 25.6 Å². The standard InChI is InChI=1S/C24H27F3N2O4/c1-4-5-12-33-20-10-7-17(13-21(20)32-3)8-11-22(30)29-19-14-18(9-6-16(19)2)23(31)28-15-24(25,26)27/h6-11,13-14H,4-5,12,15H2,1-3H3,(H,28,31)(H,29,30)/b11-8+. The number of alkyl halides is 3. The maximum Gasteiger partial charge on any atom is 0.405 e. The molecule has 2 aromatic carbocycles. The molecule has 2 amide bonds. The molecule has 0 saturated carbocycles. The summed E-state index contributed by atoms with van der Waals surface area (Å²) in [7, 11) is 1.53. The van der Waals surface area contributed by atoms with Gasteiger partial charge in [0.1, 0.15) is 6.54 Å². The maximum atomic E-state index is 12.4. The highest BCUT2D eigenvalue weighted by molar-refractivity contribution is 6.03. The lowest BCUT2D eigenvalue weighted by Crippen LogP contribution is -2.33. The van der Waals surface area contributed by atoms with Crippen LogP contribution in [0.5, 0.6) is 11.5 Å². The number of aryl methyl sites for hydroxylation is 1. The lowest BCUT2D eigenvalue weighted by atomic mass is 10.1. The minimum atomic E-state index is -4.51. The highest BCUT2D eigenvalue weighted by atomic mass is 19.4. The molecule has 0 aliphatic heterocycles. The van der Waals surface area contributed by atoms with Gasteiger partial charge in [0.05, 0.1) is 13.7 Å². The summed E-state index contributed by atoms with van der Waals surface area (Å²) in [6.45, 7) is 2.92. The van der Waals surface area contributed by atoms with Gasteiger partial charge >= 0.3 is 6.18 Å². The van der Waals surface area contributed by atoms with Gasteiger partial charge in [0, 0.05) is 17.3 Å². The van der Waals surface area contributed by atoms with Crippen LogP contribution in [-0.2, 0) is 4.79 Å². The first-order valence-corrected chi connectivity index (χ1v) is 10.4. The fourth-order valence-corrected chi connectivity index (χ4v) is 2.76. The summed E-state index contributed by atoms with van der Waals surface area (Å²) in [5.41, 5.74) is 1.69. The Morgan fingerprint density at radius 2 is 1.85 bits per heavy atom. The van der Waals surface area contributed by atoms with Crippen molar-refractivity contribution in [3.8, 4) is 11.5 Å². The Kier molecular flexibility index (Phi) is 9.32. The smallest absolute Gasteiger partial charge is 0.405 e. The summed E-state index contributed by atoms with van der Waals surface area (Å²) in [6, 6.07) is 9.55. The van der Waals surface area contributed by atoms with Crippen LogP contribution in [0, 0.1) is 6.92 Å². The van der Waals surface area contributed by atoms with E-state index in [1.54, 1.807) is 42.6 Å². The van der Waals surface area contributed by atoms with Crippen LogP contribution in [0.4, 0.5) is 18.9 Å². The van der Waals surface area contributed by atoms with E-state index >= 15 is 0 Å². The van der Waals surface area contributed by atoms with E-state index in [4.69, 9.17) is 9.47 Å². The molecule has 0 atom stereocenters. The first-order valence-electron chi connectivity index (χ1n) is 10.4. The van der Waals surface area contributed by atoms with E-state index in [1.165, 1.54) is 25.3 Å². The lowest BCUT2D eigenvalue weighted by Gasteiger charge is -2.11. The average molecular weight is 464 g/mol. The van der Waals surface area contributed by atoms with E-state index in [1.807, 2.05) is 0 Å². The molecule has 2 N–H and O–H groups in total. The second kappa shape index (κ2) is 11.9. The number of carbonyl (C=O) groups excluding carboxylic acids is 2. The molecule has 0 spiro atoms. The predicted molar refractivity (Wildman–Crippen MR) is 121 cm³/mol. The van der Waals surface area contributed by atoms with Gasteiger partial charge in [-0.3, -0.25) is 9.59 Å². The van der Waals surface area contributed by atoms with Crippen LogP contribution >= 0.6 is 0 Å². The van der Waals surface area contributed by atoms with Gasteiger partial charge in [-0.05, 0) is 54.8 Å². The molecule has 33 heavy (non-hydrogen) atoms. The molecule has 0 fully saturated rings. The third kappa shape index (κ3) is 8.51. The fraction of sp³-hybridized carbons (Fsp3) is 0.333. The van der Waals surface area contributed by atoms with Crippen LogP contribution in [0.15, 0.2) is 42.5 Å². The van der Waals surface area contributed by atoms with Crippen LogP contribution in [0.25, 0.3) is 6.08 Å². The molecule has 178 valence electrons. The number of nitrogens with one attached hydrogen (secondary N) is 2. The molecule has 0 unspecified atom stereocenters. The predicted octanol–water partition coefficient (Wildman–Crippen LogP) is 5.13. The lowest BCUT2D eigenvalue weighted by molar-refractivity contribution is -0.123. The number of carbonyl (C=O) groups is 2. The number of amides is 2. The third-order valence-electron chi connectivity index (χ3n) is 4.58. The molecule has 6 nitrogen and oxygen atoms in total. The molecular weight excluding hydrogens is 437 g/mol. The van der Waals surface area contributed by atoms with Crippen molar-refractivity contribution < 1.29 is 32.2 Å². The van der Waals surface area contributed by atoms with Crippen molar-refractivity contribution >= 4 is 23.6 Å². The van der Waals surface area contributed by atoms with Crippen molar-refractivity contribution in [1.82, 2.24) is 5.32 Å². The Morgan fingerprint density at radius 1 is 1.09 bits per heavy atom. The first kappa shape index (κ1) is 25.8. The highest BCUT2D eigenvalue weighted by Gasteiger charge is 2.28. The maximum absolute atomic E-state index is 12.4. The number of unbranched alkanes of at least 4 members (excludes halogenated alkanes) is 1. The quantitative estimate of drug-likeness (QED) is 0.378.